The molecule has 3 rings (SSSR count). The zero-order valence-corrected chi connectivity index (χ0v) is 17.6. The first-order chi connectivity index (χ1) is 13.8. The molecule has 0 spiro atoms. The van der Waals surface area contributed by atoms with Gasteiger partial charge in [-0.15, -0.1) is 0 Å². The van der Waals surface area contributed by atoms with Crippen LogP contribution < -0.4 is 14.8 Å². The van der Waals surface area contributed by atoms with Crippen molar-refractivity contribution >= 4 is 43.2 Å². The van der Waals surface area contributed by atoms with Crippen LogP contribution in [0.25, 0.3) is 0 Å². The molecule has 29 heavy (non-hydrogen) atoms. The molecule has 0 unspecified atom stereocenters. The van der Waals surface area contributed by atoms with Crippen LogP contribution in [0.2, 0.25) is 0 Å². The maximum atomic E-state index is 13.9. The van der Waals surface area contributed by atoms with Crippen molar-refractivity contribution in [2.45, 2.75) is 4.90 Å². The Labute approximate surface area is 175 Å². The van der Waals surface area contributed by atoms with Crippen LogP contribution in [0, 0.1) is 5.82 Å². The second-order valence-corrected chi connectivity index (χ2v) is 8.51. The molecule has 0 saturated heterocycles. The Bertz CT molecular complexity index is 1170. The fraction of sp³-hybridized carbons (Fsp3) is 0.0500. The zero-order valence-electron chi connectivity index (χ0n) is 15.1. The maximum Gasteiger partial charge on any atom is 0.261 e. The molecule has 0 aliphatic heterocycles. The molecule has 0 radical (unpaired) electrons. The lowest BCUT2D eigenvalue weighted by Gasteiger charge is -2.14. The molecule has 0 aliphatic rings. The third kappa shape index (κ3) is 4.93. The van der Waals surface area contributed by atoms with Crippen molar-refractivity contribution in [2.75, 3.05) is 17.1 Å². The number of sulfonamides is 1. The van der Waals surface area contributed by atoms with Crippen molar-refractivity contribution in [3.8, 4) is 5.75 Å². The third-order valence-electron chi connectivity index (χ3n) is 3.92. The molecular weight excluding hydrogens is 463 g/mol. The van der Waals surface area contributed by atoms with Gasteiger partial charge in [-0.1, -0.05) is 34.1 Å². The van der Waals surface area contributed by atoms with Gasteiger partial charge in [-0.25, -0.2) is 12.8 Å². The molecule has 0 saturated carbocycles. The number of nitrogens with one attached hydrogen (secondary N) is 2. The lowest BCUT2D eigenvalue weighted by Crippen LogP contribution is -2.16. The molecular formula is C20H16BrFN2O4S. The summed E-state index contributed by atoms with van der Waals surface area (Å²) in [7, 11) is -2.56. The Hall–Kier alpha value is -2.91. The van der Waals surface area contributed by atoms with Gasteiger partial charge in [0, 0.05) is 10.2 Å². The monoisotopic (exact) mass is 478 g/mol. The molecule has 0 fully saturated rings. The summed E-state index contributed by atoms with van der Waals surface area (Å²) in [5.41, 5.74) is 0.292. The van der Waals surface area contributed by atoms with E-state index in [0.29, 0.717) is 10.2 Å². The number of carbonyl (C=O) groups is 1. The van der Waals surface area contributed by atoms with Crippen LogP contribution >= 0.6 is 15.9 Å². The summed E-state index contributed by atoms with van der Waals surface area (Å²) in [4.78, 5) is 12.3. The number of anilines is 2. The number of benzene rings is 3. The summed E-state index contributed by atoms with van der Waals surface area (Å²) in [5, 5.41) is 2.50. The van der Waals surface area contributed by atoms with Gasteiger partial charge in [0.2, 0.25) is 0 Å². The van der Waals surface area contributed by atoms with Gasteiger partial charge in [-0.2, -0.15) is 0 Å². The van der Waals surface area contributed by atoms with E-state index in [0.717, 1.165) is 6.07 Å². The van der Waals surface area contributed by atoms with E-state index >= 15 is 0 Å². The minimum atomic E-state index is -3.94. The van der Waals surface area contributed by atoms with Gasteiger partial charge in [0.25, 0.3) is 15.9 Å². The average Bonchev–Trinajstić information content (AvgIpc) is 2.68. The summed E-state index contributed by atoms with van der Waals surface area (Å²) < 4.78 is 47.7. The van der Waals surface area contributed by atoms with Gasteiger partial charge in [0.15, 0.2) is 0 Å². The minimum absolute atomic E-state index is 0.0953. The van der Waals surface area contributed by atoms with E-state index in [1.807, 2.05) is 0 Å². The lowest BCUT2D eigenvalue weighted by atomic mass is 10.2. The number of amides is 1. The van der Waals surface area contributed by atoms with E-state index in [-0.39, 0.29) is 21.9 Å². The SMILES string of the molecule is COc1ccc(S(=O)(=O)Nc2cccc(Br)c2)cc1NC(=O)c1ccccc1F. The minimum Gasteiger partial charge on any atom is -0.495 e. The fourth-order valence-corrected chi connectivity index (χ4v) is 4.03. The highest BCUT2D eigenvalue weighted by Gasteiger charge is 2.19. The van der Waals surface area contributed by atoms with Gasteiger partial charge in [-0.3, -0.25) is 9.52 Å². The van der Waals surface area contributed by atoms with Crippen LogP contribution in [0.15, 0.2) is 76.1 Å². The predicted octanol–water partition coefficient (Wildman–Crippen LogP) is 4.65. The molecule has 9 heteroatoms. The molecule has 3 aromatic carbocycles. The normalized spacial score (nSPS) is 11.0. The van der Waals surface area contributed by atoms with Crippen LogP contribution in [-0.2, 0) is 10.0 Å². The summed E-state index contributed by atoms with van der Waals surface area (Å²) in [5.74, 6) is -1.18. The van der Waals surface area contributed by atoms with Crippen molar-refractivity contribution in [3.05, 3.63) is 82.6 Å². The van der Waals surface area contributed by atoms with Gasteiger partial charge in [0.05, 0.1) is 23.3 Å². The van der Waals surface area contributed by atoms with E-state index in [9.17, 15) is 17.6 Å². The highest BCUT2D eigenvalue weighted by Crippen LogP contribution is 2.29. The Kier molecular flexibility index (Phi) is 6.19. The lowest BCUT2D eigenvalue weighted by molar-refractivity contribution is 0.102. The summed E-state index contributed by atoms with van der Waals surface area (Å²) >= 11 is 3.28. The largest absolute Gasteiger partial charge is 0.495 e. The van der Waals surface area contributed by atoms with Crippen LogP contribution in [0.5, 0.6) is 5.75 Å². The van der Waals surface area contributed by atoms with Gasteiger partial charge >= 0.3 is 0 Å². The summed E-state index contributed by atoms with van der Waals surface area (Å²) in [6.45, 7) is 0. The van der Waals surface area contributed by atoms with Crippen molar-refractivity contribution in [2.24, 2.45) is 0 Å². The third-order valence-corrected chi connectivity index (χ3v) is 5.80. The van der Waals surface area contributed by atoms with Crippen molar-refractivity contribution in [1.29, 1.82) is 0 Å². The molecule has 2 N–H and O–H groups in total. The quantitative estimate of drug-likeness (QED) is 0.539. The van der Waals surface area contributed by atoms with Crippen LogP contribution in [0.4, 0.5) is 15.8 Å². The van der Waals surface area contributed by atoms with Crippen LogP contribution in [-0.4, -0.2) is 21.4 Å². The first-order valence-electron chi connectivity index (χ1n) is 8.32. The van der Waals surface area contributed by atoms with Crippen molar-refractivity contribution in [3.63, 3.8) is 0 Å². The number of halogens is 2. The number of hydrogen-bond acceptors (Lipinski definition) is 4. The van der Waals surface area contributed by atoms with Crippen molar-refractivity contribution < 1.29 is 22.3 Å². The van der Waals surface area contributed by atoms with Crippen LogP contribution in [0.3, 0.4) is 0 Å². The standard InChI is InChI=1S/C20H16BrFN2O4S/c1-28-19-10-9-15(29(26,27)24-14-6-4-5-13(21)11-14)12-18(19)23-20(25)16-7-2-3-8-17(16)22/h2-12,24H,1H3,(H,23,25). The Morgan fingerprint density at radius 1 is 1.03 bits per heavy atom. The Balaban J connectivity index is 1.92. The molecule has 0 atom stereocenters. The van der Waals surface area contributed by atoms with E-state index in [1.165, 1.54) is 43.5 Å². The molecule has 6 nitrogen and oxygen atoms in total. The fourth-order valence-electron chi connectivity index (χ4n) is 2.55. The number of hydrogen-bond donors (Lipinski definition) is 2. The second kappa shape index (κ2) is 8.62. The molecule has 150 valence electrons. The van der Waals surface area contributed by atoms with Gasteiger partial charge in [0.1, 0.15) is 11.6 Å². The average molecular weight is 479 g/mol. The van der Waals surface area contributed by atoms with E-state index < -0.39 is 21.7 Å². The number of rotatable bonds is 6. The van der Waals surface area contributed by atoms with Crippen molar-refractivity contribution in [1.82, 2.24) is 0 Å². The van der Waals surface area contributed by atoms with Gasteiger partial charge in [-0.05, 0) is 48.5 Å². The number of methoxy groups -OCH3 is 1. The van der Waals surface area contributed by atoms with Crippen LogP contribution in [0.1, 0.15) is 10.4 Å². The Morgan fingerprint density at radius 3 is 2.48 bits per heavy atom. The zero-order chi connectivity index (χ0) is 21.0. The number of carbonyl (C=O) groups excluding carboxylic acids is 1. The molecule has 0 aromatic heterocycles. The number of ether oxygens (including phenoxy) is 1. The molecule has 3 aromatic rings. The summed E-state index contributed by atoms with van der Waals surface area (Å²) in [6, 6.07) is 16.2. The van der Waals surface area contributed by atoms with E-state index in [4.69, 9.17) is 4.74 Å². The second-order valence-electron chi connectivity index (χ2n) is 5.91. The first kappa shape index (κ1) is 20.8. The summed E-state index contributed by atoms with van der Waals surface area (Å²) in [6.07, 6.45) is 0. The first-order valence-corrected chi connectivity index (χ1v) is 10.6. The Morgan fingerprint density at radius 2 is 1.79 bits per heavy atom. The highest BCUT2D eigenvalue weighted by atomic mass is 79.9. The smallest absolute Gasteiger partial charge is 0.261 e. The molecule has 0 heterocycles. The molecule has 0 bridgehead atoms. The molecule has 0 aliphatic carbocycles. The maximum absolute atomic E-state index is 13.9. The van der Waals surface area contributed by atoms with Gasteiger partial charge < -0.3 is 10.1 Å². The van der Waals surface area contributed by atoms with E-state index in [2.05, 4.69) is 26.0 Å². The predicted molar refractivity (Wildman–Crippen MR) is 112 cm³/mol. The topological polar surface area (TPSA) is 84.5 Å². The molecule has 1 amide bonds. The highest BCUT2D eigenvalue weighted by molar-refractivity contribution is 9.10. The van der Waals surface area contributed by atoms with E-state index in [1.54, 1.807) is 24.3 Å².